The zero-order chi connectivity index (χ0) is 30.9. The van der Waals surface area contributed by atoms with Crippen LogP contribution in [0.1, 0.15) is 100 Å². The fourth-order valence-electron chi connectivity index (χ4n) is 5.86. The van der Waals surface area contributed by atoms with Crippen LogP contribution in [-0.2, 0) is 24.5 Å². The molecule has 4 aromatic rings. The third-order valence-electron chi connectivity index (χ3n) is 8.31. The Balaban J connectivity index is 1.85. The van der Waals surface area contributed by atoms with Gasteiger partial charge in [-0.05, 0) is 85.3 Å². The minimum atomic E-state index is -0.258. The number of unbranched alkanes of at least 4 members (excludes halogenated alkanes) is 2. The zero-order valence-corrected chi connectivity index (χ0v) is 27.6. The van der Waals surface area contributed by atoms with Crippen LogP contribution in [0.15, 0.2) is 91.0 Å². The van der Waals surface area contributed by atoms with Gasteiger partial charge in [0.1, 0.15) is 11.6 Å². The van der Waals surface area contributed by atoms with Gasteiger partial charge in [-0.25, -0.2) is 4.39 Å². The first-order valence-electron chi connectivity index (χ1n) is 15.9. The fraction of sp³-hybridized carbons (Fsp3) is 0.385. The number of hydrogen-bond acceptors (Lipinski definition) is 2. The number of hydrogen-bond donors (Lipinski definition) is 2. The monoisotopic (exact) mass is 597 g/mol. The van der Waals surface area contributed by atoms with Gasteiger partial charge in [-0.15, -0.1) is 0 Å². The zero-order valence-electron chi connectivity index (χ0n) is 26.6. The van der Waals surface area contributed by atoms with E-state index in [1.165, 1.54) is 22.0 Å². The summed E-state index contributed by atoms with van der Waals surface area (Å²) >= 11 is 0. The van der Waals surface area contributed by atoms with Gasteiger partial charge < -0.3 is 10.4 Å². The number of halogens is 1. The summed E-state index contributed by atoms with van der Waals surface area (Å²) in [5, 5.41) is 16.6. The molecule has 43 heavy (non-hydrogen) atoms. The largest absolute Gasteiger partial charge is 0.507 e. The maximum Gasteiger partial charge on any atom is 0.123 e. The first kappa shape index (κ1) is 32.9. The second-order valence-corrected chi connectivity index (χ2v) is 14.6. The van der Waals surface area contributed by atoms with Gasteiger partial charge >= 0.3 is 0 Å². The highest BCUT2D eigenvalue weighted by Gasteiger charge is 2.35. The summed E-state index contributed by atoms with van der Waals surface area (Å²) in [6.07, 6.45) is 6.74. The maximum atomic E-state index is 14.6. The third kappa shape index (κ3) is 9.24. The summed E-state index contributed by atoms with van der Waals surface area (Å²) in [6.45, 7) is 11.5. The van der Waals surface area contributed by atoms with Crippen molar-refractivity contribution in [1.29, 1.82) is 0 Å². The summed E-state index contributed by atoms with van der Waals surface area (Å²) in [6, 6.07) is 30.7. The predicted molar refractivity (Wildman–Crippen MR) is 184 cm³/mol. The van der Waals surface area contributed by atoms with Gasteiger partial charge in [0.05, 0.1) is 0 Å². The normalized spacial score (nSPS) is 13.4. The van der Waals surface area contributed by atoms with Crippen LogP contribution in [0.3, 0.4) is 0 Å². The van der Waals surface area contributed by atoms with Gasteiger partial charge in [0.15, 0.2) is 0 Å². The molecule has 0 aliphatic rings. The van der Waals surface area contributed by atoms with Gasteiger partial charge in [0, 0.05) is 29.2 Å². The summed E-state index contributed by atoms with van der Waals surface area (Å²) in [5.74, 6) is 0.216. The molecule has 0 saturated heterocycles. The van der Waals surface area contributed by atoms with Crippen molar-refractivity contribution in [3.8, 4) is 5.75 Å². The van der Waals surface area contributed by atoms with Gasteiger partial charge in [0.25, 0.3) is 0 Å². The minimum Gasteiger partial charge on any atom is -0.507 e. The van der Waals surface area contributed by atoms with Crippen LogP contribution in [0, 0.1) is 5.82 Å². The number of nitrogens with one attached hydrogen (secondary N) is 1. The molecule has 0 radical (unpaired) electrons. The summed E-state index contributed by atoms with van der Waals surface area (Å²) in [7, 11) is 0.401. The van der Waals surface area contributed by atoms with Crippen LogP contribution in [0.5, 0.6) is 5.75 Å². The fourth-order valence-corrected chi connectivity index (χ4v) is 7.66. The van der Waals surface area contributed by atoms with Crippen molar-refractivity contribution in [2.75, 3.05) is 0 Å². The van der Waals surface area contributed by atoms with E-state index in [0.29, 0.717) is 27.3 Å². The van der Waals surface area contributed by atoms with Crippen molar-refractivity contribution in [2.24, 2.45) is 0 Å². The van der Waals surface area contributed by atoms with Crippen molar-refractivity contribution in [3.05, 3.63) is 130 Å². The molecule has 0 spiro atoms. The van der Waals surface area contributed by atoms with Gasteiger partial charge in [-0.1, -0.05) is 121 Å². The van der Waals surface area contributed by atoms with Crippen LogP contribution in [-0.4, -0.2) is 10.6 Å². The molecule has 0 amide bonds. The number of benzene rings is 4. The molecule has 4 heteroatoms. The lowest BCUT2D eigenvalue weighted by molar-refractivity contribution is 0.424. The summed E-state index contributed by atoms with van der Waals surface area (Å²) < 4.78 is 14.6. The SMILES string of the molecule is CCCCCC(CC)(Pc1ccc(F)cc1CNC(C)(C)C)c1cc(Cc2ccccc2)cc(Cc2ccccc2)c1O. The summed E-state index contributed by atoms with van der Waals surface area (Å²) in [4.78, 5) is 0. The lowest BCUT2D eigenvalue weighted by atomic mass is 9.85. The Morgan fingerprint density at radius 1 is 0.744 bits per heavy atom. The Labute approximate surface area is 261 Å². The van der Waals surface area contributed by atoms with E-state index in [-0.39, 0.29) is 16.5 Å². The molecule has 228 valence electrons. The molecule has 2 unspecified atom stereocenters. The molecule has 0 aromatic heterocycles. The lowest BCUT2D eigenvalue weighted by Crippen LogP contribution is -2.36. The smallest absolute Gasteiger partial charge is 0.123 e. The molecule has 2 atom stereocenters. The Morgan fingerprint density at radius 2 is 1.40 bits per heavy atom. The second-order valence-electron chi connectivity index (χ2n) is 12.9. The van der Waals surface area contributed by atoms with Crippen LogP contribution < -0.4 is 10.6 Å². The second kappa shape index (κ2) is 15.1. The molecule has 0 aliphatic heterocycles. The molecule has 2 nitrogen and oxygen atoms in total. The average Bonchev–Trinajstić information content (AvgIpc) is 2.99. The third-order valence-corrected chi connectivity index (χ3v) is 10.4. The molecule has 0 fully saturated rings. The standard InChI is InChI=1S/C39H49FNOP/c1-6-8-15-22-39(7-2,43-36-21-20-34(40)27-33(36)28-41-38(3,4)5)35-26-31(23-29-16-11-9-12-17-29)25-32(37(35)42)24-30-18-13-10-14-19-30/h9-14,16-21,25-27,41-43H,6-8,15,22-24,28H2,1-5H3. The van der Waals surface area contributed by atoms with E-state index < -0.39 is 0 Å². The van der Waals surface area contributed by atoms with E-state index in [1.54, 1.807) is 12.1 Å². The van der Waals surface area contributed by atoms with Crippen molar-refractivity contribution < 1.29 is 9.50 Å². The van der Waals surface area contributed by atoms with Gasteiger partial charge in [-0.3, -0.25) is 0 Å². The maximum absolute atomic E-state index is 14.6. The Kier molecular flexibility index (Phi) is 11.6. The van der Waals surface area contributed by atoms with E-state index in [9.17, 15) is 9.50 Å². The first-order valence-corrected chi connectivity index (χ1v) is 16.9. The highest BCUT2D eigenvalue weighted by atomic mass is 31.1. The lowest BCUT2D eigenvalue weighted by Gasteiger charge is -2.36. The molecular formula is C39H49FNOP. The molecule has 0 aliphatic carbocycles. The Hall–Kier alpha value is -3.00. The van der Waals surface area contributed by atoms with E-state index in [2.05, 4.69) is 107 Å². The molecule has 4 aromatic carbocycles. The molecule has 4 rings (SSSR count). The molecule has 0 heterocycles. The first-order chi connectivity index (χ1) is 20.6. The van der Waals surface area contributed by atoms with Crippen LogP contribution in [0.25, 0.3) is 0 Å². The Bertz CT molecular complexity index is 1450. The molecule has 2 N–H and O–H groups in total. The highest BCUT2D eigenvalue weighted by molar-refractivity contribution is 7.48. The van der Waals surface area contributed by atoms with E-state index in [0.717, 1.165) is 55.2 Å². The van der Waals surface area contributed by atoms with Gasteiger partial charge in [0.2, 0.25) is 0 Å². The minimum absolute atomic E-state index is 0.0773. The van der Waals surface area contributed by atoms with E-state index in [4.69, 9.17) is 0 Å². The van der Waals surface area contributed by atoms with Gasteiger partial charge in [-0.2, -0.15) is 0 Å². The van der Waals surface area contributed by atoms with Crippen molar-refractivity contribution in [3.63, 3.8) is 0 Å². The van der Waals surface area contributed by atoms with Crippen LogP contribution in [0.2, 0.25) is 0 Å². The Morgan fingerprint density at radius 3 is 2.00 bits per heavy atom. The molecule has 0 bridgehead atoms. The van der Waals surface area contributed by atoms with Crippen molar-refractivity contribution in [2.45, 2.75) is 96.8 Å². The quantitative estimate of drug-likeness (QED) is 0.112. The topological polar surface area (TPSA) is 32.3 Å². The molecular weight excluding hydrogens is 548 g/mol. The predicted octanol–water partition coefficient (Wildman–Crippen LogP) is 9.79. The number of phenols is 1. The highest BCUT2D eigenvalue weighted by Crippen LogP contribution is 2.52. The van der Waals surface area contributed by atoms with E-state index >= 15 is 0 Å². The van der Waals surface area contributed by atoms with Crippen molar-refractivity contribution in [1.82, 2.24) is 5.32 Å². The van der Waals surface area contributed by atoms with Crippen molar-refractivity contribution >= 4 is 13.9 Å². The molecule has 0 saturated carbocycles. The van der Waals surface area contributed by atoms with Crippen LogP contribution >= 0.6 is 8.58 Å². The summed E-state index contributed by atoms with van der Waals surface area (Å²) in [5.41, 5.74) is 6.61. The number of aromatic hydroxyl groups is 1. The number of rotatable bonds is 14. The van der Waals surface area contributed by atoms with Crippen LogP contribution in [0.4, 0.5) is 4.39 Å². The van der Waals surface area contributed by atoms with E-state index in [1.807, 2.05) is 12.1 Å². The number of phenolic OH excluding ortho intramolecular Hbond substituents is 1. The average molecular weight is 598 g/mol.